The van der Waals surface area contributed by atoms with E-state index >= 15 is 0 Å². The van der Waals surface area contributed by atoms with Crippen molar-refractivity contribution in [2.45, 2.75) is 45.6 Å². The van der Waals surface area contributed by atoms with E-state index in [0.29, 0.717) is 22.5 Å². The third kappa shape index (κ3) is 3.56. The second-order valence-corrected chi connectivity index (χ2v) is 7.54. The number of benzene rings is 1. The first kappa shape index (κ1) is 17.1. The van der Waals surface area contributed by atoms with Gasteiger partial charge in [-0.15, -0.1) is 0 Å². The van der Waals surface area contributed by atoms with Gasteiger partial charge in [0, 0.05) is 12.0 Å². The van der Waals surface area contributed by atoms with E-state index in [4.69, 9.17) is 28.9 Å². The van der Waals surface area contributed by atoms with Gasteiger partial charge in [-0.25, -0.2) is 0 Å². The van der Waals surface area contributed by atoms with Crippen LogP contribution in [0.2, 0.25) is 10.0 Å². The molecule has 0 aliphatic heterocycles. The summed E-state index contributed by atoms with van der Waals surface area (Å²) in [6.45, 7) is 5.05. The predicted octanol–water partition coefficient (Wildman–Crippen LogP) is 4.82. The number of hydrogen-bond acceptors (Lipinski definition) is 2. The summed E-state index contributed by atoms with van der Waals surface area (Å²) in [7, 11) is 0. The van der Waals surface area contributed by atoms with Crippen LogP contribution in [0.1, 0.15) is 51.2 Å². The third-order valence-electron chi connectivity index (χ3n) is 5.21. The van der Waals surface area contributed by atoms with Gasteiger partial charge in [0.2, 0.25) is 0 Å². The summed E-state index contributed by atoms with van der Waals surface area (Å²) >= 11 is 12.0. The molecule has 1 aliphatic carbocycles. The Morgan fingerprint density at radius 3 is 2.33 bits per heavy atom. The second kappa shape index (κ2) is 6.87. The molecule has 2 rings (SSSR count). The fourth-order valence-electron chi connectivity index (χ4n) is 3.51. The van der Waals surface area contributed by atoms with Crippen LogP contribution in [0.25, 0.3) is 0 Å². The van der Waals surface area contributed by atoms with Crippen LogP contribution < -0.4 is 5.73 Å². The van der Waals surface area contributed by atoms with Crippen LogP contribution in [0, 0.1) is 17.3 Å². The van der Waals surface area contributed by atoms with Gasteiger partial charge >= 0.3 is 0 Å². The molecule has 1 atom stereocenters. The van der Waals surface area contributed by atoms with Crippen molar-refractivity contribution in [3.63, 3.8) is 0 Å². The summed E-state index contributed by atoms with van der Waals surface area (Å²) in [5.74, 6) is 1.44. The lowest BCUT2D eigenvalue weighted by molar-refractivity contribution is -0.0148. The van der Waals surface area contributed by atoms with Gasteiger partial charge in [-0.1, -0.05) is 43.1 Å². The minimum atomic E-state index is -0.578. The van der Waals surface area contributed by atoms with Crippen molar-refractivity contribution < 1.29 is 5.11 Å². The van der Waals surface area contributed by atoms with Crippen molar-refractivity contribution in [3.8, 4) is 0 Å². The van der Waals surface area contributed by atoms with Crippen LogP contribution in [-0.2, 0) is 0 Å². The largest absolute Gasteiger partial charge is 0.388 e. The zero-order valence-corrected chi connectivity index (χ0v) is 14.3. The molecule has 1 aromatic rings. The van der Waals surface area contributed by atoms with Crippen LogP contribution in [0.5, 0.6) is 0 Å². The van der Waals surface area contributed by atoms with Gasteiger partial charge in [0.15, 0.2) is 0 Å². The first-order chi connectivity index (χ1) is 9.89. The molecule has 2 nitrogen and oxygen atoms in total. The summed E-state index contributed by atoms with van der Waals surface area (Å²) in [4.78, 5) is 0. The zero-order chi connectivity index (χ0) is 15.6. The molecule has 0 saturated heterocycles. The highest BCUT2D eigenvalue weighted by atomic mass is 35.5. The molecule has 1 aliphatic rings. The Kier molecular flexibility index (Phi) is 5.59. The molecule has 0 bridgehead atoms. The monoisotopic (exact) mass is 329 g/mol. The first-order valence-electron chi connectivity index (χ1n) is 7.72. The number of aliphatic hydroxyl groups is 1. The molecule has 1 unspecified atom stereocenters. The van der Waals surface area contributed by atoms with Gasteiger partial charge in [0.05, 0.1) is 16.1 Å². The van der Waals surface area contributed by atoms with E-state index in [1.807, 2.05) is 6.07 Å². The first-order valence-corrected chi connectivity index (χ1v) is 8.48. The molecule has 21 heavy (non-hydrogen) atoms. The lowest BCUT2D eigenvalue weighted by Crippen LogP contribution is -2.40. The van der Waals surface area contributed by atoms with E-state index < -0.39 is 6.10 Å². The average Bonchev–Trinajstić information content (AvgIpc) is 2.49. The summed E-state index contributed by atoms with van der Waals surface area (Å²) in [5.41, 5.74) is 6.63. The predicted molar refractivity (Wildman–Crippen MR) is 89.7 cm³/mol. The maximum Gasteiger partial charge on any atom is 0.0858 e. The molecule has 3 N–H and O–H groups in total. The van der Waals surface area contributed by atoms with Gasteiger partial charge in [0.25, 0.3) is 0 Å². The van der Waals surface area contributed by atoms with E-state index in [1.54, 1.807) is 12.1 Å². The molecule has 0 spiro atoms. The van der Waals surface area contributed by atoms with Crippen LogP contribution in [0.4, 0.5) is 0 Å². The van der Waals surface area contributed by atoms with E-state index in [1.165, 1.54) is 0 Å². The molecule has 0 heterocycles. The molecule has 1 aromatic carbocycles. The molecule has 0 radical (unpaired) electrons. The Bertz CT molecular complexity index is 482. The molecule has 4 heteroatoms. The zero-order valence-electron chi connectivity index (χ0n) is 12.8. The quantitative estimate of drug-likeness (QED) is 0.831. The molecule has 0 amide bonds. The van der Waals surface area contributed by atoms with E-state index in [9.17, 15) is 5.11 Å². The molecular weight excluding hydrogens is 305 g/mol. The maximum absolute atomic E-state index is 10.9. The minimum absolute atomic E-state index is 0.234. The molecule has 1 fully saturated rings. The van der Waals surface area contributed by atoms with Gasteiger partial charge in [-0.3, -0.25) is 0 Å². The number of halogens is 2. The SMILES string of the molecule is CC(C)C1CCC(CN)(C(O)c2ccc(Cl)c(Cl)c2)CC1. The fraction of sp³-hybridized carbons (Fsp3) is 0.647. The van der Waals surface area contributed by atoms with Crippen molar-refractivity contribution in [2.24, 2.45) is 23.0 Å². The number of nitrogens with two attached hydrogens (primary N) is 1. The lowest BCUT2D eigenvalue weighted by atomic mass is 9.64. The minimum Gasteiger partial charge on any atom is -0.388 e. The van der Waals surface area contributed by atoms with E-state index in [-0.39, 0.29) is 5.41 Å². The standard InChI is InChI=1S/C17H25Cl2NO/c1-11(2)12-5-7-17(10-20,8-6-12)16(21)13-3-4-14(18)15(19)9-13/h3-4,9,11-12,16,21H,5-8,10,20H2,1-2H3. The third-order valence-corrected chi connectivity index (χ3v) is 5.95. The Morgan fingerprint density at radius 1 is 1.24 bits per heavy atom. The fourth-order valence-corrected chi connectivity index (χ4v) is 3.81. The maximum atomic E-state index is 10.9. The van der Waals surface area contributed by atoms with Crippen LogP contribution in [0.15, 0.2) is 18.2 Å². The summed E-state index contributed by atoms with van der Waals surface area (Å²) < 4.78 is 0. The Morgan fingerprint density at radius 2 is 1.86 bits per heavy atom. The highest BCUT2D eigenvalue weighted by Gasteiger charge is 2.41. The van der Waals surface area contributed by atoms with Crippen molar-refractivity contribution >= 4 is 23.2 Å². The number of hydrogen-bond donors (Lipinski definition) is 2. The van der Waals surface area contributed by atoms with Crippen molar-refractivity contribution in [1.29, 1.82) is 0 Å². The van der Waals surface area contributed by atoms with Gasteiger partial charge in [0.1, 0.15) is 0 Å². The van der Waals surface area contributed by atoms with Crippen molar-refractivity contribution in [1.82, 2.24) is 0 Å². The van der Waals surface area contributed by atoms with Gasteiger partial charge in [-0.2, -0.15) is 0 Å². The smallest absolute Gasteiger partial charge is 0.0858 e. The van der Waals surface area contributed by atoms with Crippen LogP contribution in [-0.4, -0.2) is 11.7 Å². The highest BCUT2D eigenvalue weighted by Crippen LogP contribution is 2.48. The van der Waals surface area contributed by atoms with Crippen molar-refractivity contribution in [3.05, 3.63) is 33.8 Å². The van der Waals surface area contributed by atoms with Crippen LogP contribution in [0.3, 0.4) is 0 Å². The normalized spacial score (nSPS) is 27.9. The molecule has 1 saturated carbocycles. The molecular formula is C17H25Cl2NO. The lowest BCUT2D eigenvalue weighted by Gasteiger charge is -2.44. The molecule has 0 aromatic heterocycles. The van der Waals surface area contributed by atoms with Crippen LogP contribution >= 0.6 is 23.2 Å². The van der Waals surface area contributed by atoms with E-state index in [2.05, 4.69) is 13.8 Å². The van der Waals surface area contributed by atoms with Gasteiger partial charge < -0.3 is 10.8 Å². The average molecular weight is 330 g/mol. The second-order valence-electron chi connectivity index (χ2n) is 6.72. The summed E-state index contributed by atoms with van der Waals surface area (Å²) in [5, 5.41) is 11.8. The highest BCUT2D eigenvalue weighted by molar-refractivity contribution is 6.42. The number of aliphatic hydroxyl groups excluding tert-OH is 1. The molecule has 118 valence electrons. The van der Waals surface area contributed by atoms with E-state index in [0.717, 1.165) is 37.2 Å². The summed E-state index contributed by atoms with van der Waals surface area (Å²) in [6.07, 6.45) is 3.62. The topological polar surface area (TPSA) is 46.2 Å². The van der Waals surface area contributed by atoms with Gasteiger partial charge in [-0.05, 0) is 55.2 Å². The summed E-state index contributed by atoms with van der Waals surface area (Å²) in [6, 6.07) is 5.36. The number of rotatable bonds is 4. The Labute approximate surface area is 137 Å². The Hall–Kier alpha value is -0.280. The Balaban J connectivity index is 2.18. The van der Waals surface area contributed by atoms with Crippen molar-refractivity contribution in [2.75, 3.05) is 6.54 Å².